The molecule has 3 nitrogen and oxygen atoms in total. The second kappa shape index (κ2) is 5.80. The van der Waals surface area contributed by atoms with Crippen LogP contribution < -0.4 is 10.9 Å². The fourth-order valence-corrected chi connectivity index (χ4v) is 2.10. The van der Waals surface area contributed by atoms with E-state index in [-0.39, 0.29) is 17.4 Å². The summed E-state index contributed by atoms with van der Waals surface area (Å²) in [6.07, 6.45) is 1.72. The van der Waals surface area contributed by atoms with Gasteiger partial charge in [0.2, 0.25) is 0 Å². The van der Waals surface area contributed by atoms with Gasteiger partial charge in [-0.15, -0.1) is 0 Å². The molecule has 2 aromatic rings. The van der Waals surface area contributed by atoms with Crippen molar-refractivity contribution in [1.82, 2.24) is 9.88 Å². The molecule has 0 bridgehead atoms. The minimum atomic E-state index is -0.262. The average Bonchev–Trinajstić information content (AvgIpc) is 2.41. The number of likely N-dealkylation sites (N-methyl/N-ethyl adjacent to an activating group) is 1. The molecule has 0 aliphatic carbocycles. The lowest BCUT2D eigenvalue weighted by atomic mass is 10.1. The molecule has 0 fully saturated rings. The van der Waals surface area contributed by atoms with Crippen LogP contribution in [0.15, 0.2) is 47.4 Å². The zero-order valence-electron chi connectivity index (χ0n) is 11.1. The number of hydrogen-bond donors (Lipinski definition) is 1. The van der Waals surface area contributed by atoms with Gasteiger partial charge in [-0.05, 0) is 26.1 Å². The number of rotatable bonds is 4. The molecule has 0 amide bonds. The zero-order valence-corrected chi connectivity index (χ0v) is 11.1. The Kier molecular flexibility index (Phi) is 4.12. The number of nitrogens with zero attached hydrogens (tertiary/aromatic N) is 1. The first-order chi connectivity index (χ1) is 9.13. The summed E-state index contributed by atoms with van der Waals surface area (Å²) in [6, 6.07) is 9.98. The van der Waals surface area contributed by atoms with Gasteiger partial charge in [0.25, 0.3) is 5.56 Å². The van der Waals surface area contributed by atoms with Gasteiger partial charge in [-0.2, -0.15) is 0 Å². The quantitative estimate of drug-likeness (QED) is 0.915. The smallest absolute Gasteiger partial charge is 0.253 e. The van der Waals surface area contributed by atoms with E-state index in [4.69, 9.17) is 0 Å². The molecule has 1 unspecified atom stereocenters. The fourth-order valence-electron chi connectivity index (χ4n) is 2.10. The molecule has 4 heteroatoms. The van der Waals surface area contributed by atoms with E-state index in [9.17, 15) is 9.18 Å². The van der Waals surface area contributed by atoms with Crippen LogP contribution in [0.1, 0.15) is 17.2 Å². The number of aryl methyl sites for hydroxylation is 1. The third-order valence-electron chi connectivity index (χ3n) is 3.22. The summed E-state index contributed by atoms with van der Waals surface area (Å²) in [5.74, 6) is -0.262. The summed E-state index contributed by atoms with van der Waals surface area (Å²) in [6.45, 7) is 2.17. The van der Waals surface area contributed by atoms with Gasteiger partial charge < -0.3 is 9.88 Å². The van der Waals surface area contributed by atoms with Crippen LogP contribution in [-0.2, 0) is 6.54 Å². The zero-order chi connectivity index (χ0) is 13.8. The number of pyridine rings is 1. The summed E-state index contributed by atoms with van der Waals surface area (Å²) in [5.41, 5.74) is 1.21. The Bertz CT molecular complexity index is 622. The third kappa shape index (κ3) is 2.90. The van der Waals surface area contributed by atoms with Gasteiger partial charge >= 0.3 is 0 Å². The van der Waals surface area contributed by atoms with Crippen LogP contribution in [0.4, 0.5) is 4.39 Å². The van der Waals surface area contributed by atoms with Crippen molar-refractivity contribution in [2.24, 2.45) is 0 Å². The largest absolute Gasteiger partial charge is 0.313 e. The normalized spacial score (nSPS) is 12.4. The highest BCUT2D eigenvalue weighted by atomic mass is 19.1. The summed E-state index contributed by atoms with van der Waals surface area (Å²) in [7, 11) is 1.76. The third-order valence-corrected chi connectivity index (χ3v) is 3.22. The first kappa shape index (κ1) is 13.5. The standard InChI is InChI=1S/C15H17FN2O/c1-11-6-5-9-18(15(11)19)10-14(17-2)12-7-3-4-8-13(12)16/h3-9,14,17H,10H2,1-2H3. The van der Waals surface area contributed by atoms with E-state index in [1.807, 2.05) is 6.07 Å². The Hall–Kier alpha value is -1.94. The predicted octanol–water partition coefficient (Wildman–Crippen LogP) is 2.26. The van der Waals surface area contributed by atoms with Crippen molar-refractivity contribution in [2.45, 2.75) is 19.5 Å². The molecule has 19 heavy (non-hydrogen) atoms. The second-order valence-electron chi connectivity index (χ2n) is 4.51. The molecule has 1 heterocycles. The minimum absolute atomic E-state index is 0.0425. The van der Waals surface area contributed by atoms with Crippen LogP contribution in [-0.4, -0.2) is 11.6 Å². The maximum atomic E-state index is 13.8. The molecule has 0 radical (unpaired) electrons. The monoisotopic (exact) mass is 260 g/mol. The van der Waals surface area contributed by atoms with Crippen LogP contribution in [0.25, 0.3) is 0 Å². The van der Waals surface area contributed by atoms with Crippen molar-refractivity contribution < 1.29 is 4.39 Å². The second-order valence-corrected chi connectivity index (χ2v) is 4.51. The van der Waals surface area contributed by atoms with E-state index < -0.39 is 0 Å². The van der Waals surface area contributed by atoms with Crippen LogP contribution >= 0.6 is 0 Å². The minimum Gasteiger partial charge on any atom is -0.313 e. The predicted molar refractivity (Wildman–Crippen MR) is 73.6 cm³/mol. The highest BCUT2D eigenvalue weighted by Gasteiger charge is 2.14. The number of nitrogens with one attached hydrogen (secondary N) is 1. The lowest BCUT2D eigenvalue weighted by Gasteiger charge is -2.18. The summed E-state index contributed by atoms with van der Waals surface area (Å²) in [4.78, 5) is 12.0. The van der Waals surface area contributed by atoms with Crippen molar-refractivity contribution >= 4 is 0 Å². The molecule has 2 rings (SSSR count). The average molecular weight is 260 g/mol. The lowest BCUT2D eigenvalue weighted by Crippen LogP contribution is -2.29. The molecule has 0 aliphatic heterocycles. The number of benzene rings is 1. The first-order valence-corrected chi connectivity index (χ1v) is 6.21. The molecule has 0 spiro atoms. The maximum absolute atomic E-state index is 13.8. The summed E-state index contributed by atoms with van der Waals surface area (Å²) < 4.78 is 15.4. The van der Waals surface area contributed by atoms with E-state index in [2.05, 4.69) is 5.32 Å². The van der Waals surface area contributed by atoms with Crippen molar-refractivity contribution in [3.63, 3.8) is 0 Å². The van der Waals surface area contributed by atoms with Gasteiger partial charge in [0.15, 0.2) is 0 Å². The highest BCUT2D eigenvalue weighted by Crippen LogP contribution is 2.17. The van der Waals surface area contributed by atoms with Crippen molar-refractivity contribution in [2.75, 3.05) is 7.05 Å². The topological polar surface area (TPSA) is 34.0 Å². The van der Waals surface area contributed by atoms with Crippen LogP contribution in [0.5, 0.6) is 0 Å². The van der Waals surface area contributed by atoms with Crippen molar-refractivity contribution in [1.29, 1.82) is 0 Å². The van der Waals surface area contributed by atoms with Gasteiger partial charge in [0.05, 0.1) is 6.04 Å². The molecule has 100 valence electrons. The van der Waals surface area contributed by atoms with Gasteiger partial charge in [0, 0.05) is 23.9 Å². The molecule has 0 saturated heterocycles. The molecule has 1 aromatic carbocycles. The van der Waals surface area contributed by atoms with Gasteiger partial charge in [-0.25, -0.2) is 4.39 Å². The molecule has 1 atom stereocenters. The van der Waals surface area contributed by atoms with E-state index in [1.165, 1.54) is 6.07 Å². The lowest BCUT2D eigenvalue weighted by molar-refractivity contribution is 0.466. The number of aromatic nitrogens is 1. The number of hydrogen-bond acceptors (Lipinski definition) is 2. The molecular formula is C15H17FN2O. The van der Waals surface area contributed by atoms with Crippen LogP contribution in [0.3, 0.4) is 0 Å². The van der Waals surface area contributed by atoms with Crippen molar-refractivity contribution in [3.8, 4) is 0 Å². The Labute approximate surface area is 111 Å². The Morgan fingerprint density at radius 3 is 2.68 bits per heavy atom. The van der Waals surface area contributed by atoms with Crippen molar-refractivity contribution in [3.05, 3.63) is 69.9 Å². The van der Waals surface area contributed by atoms with Gasteiger partial charge in [-0.1, -0.05) is 24.3 Å². The van der Waals surface area contributed by atoms with E-state index in [0.29, 0.717) is 17.7 Å². The van der Waals surface area contributed by atoms with Crippen LogP contribution in [0, 0.1) is 12.7 Å². The highest BCUT2D eigenvalue weighted by molar-refractivity contribution is 5.21. The Morgan fingerprint density at radius 1 is 1.26 bits per heavy atom. The maximum Gasteiger partial charge on any atom is 0.253 e. The summed E-state index contributed by atoms with van der Waals surface area (Å²) >= 11 is 0. The molecule has 0 saturated carbocycles. The summed E-state index contributed by atoms with van der Waals surface area (Å²) in [5, 5.41) is 3.05. The molecule has 1 N–H and O–H groups in total. The van der Waals surface area contributed by atoms with Crippen LogP contribution in [0.2, 0.25) is 0 Å². The van der Waals surface area contributed by atoms with Gasteiger partial charge in [-0.3, -0.25) is 4.79 Å². The molecule has 1 aromatic heterocycles. The first-order valence-electron chi connectivity index (χ1n) is 6.21. The SMILES string of the molecule is CNC(Cn1cccc(C)c1=O)c1ccccc1F. The molecular weight excluding hydrogens is 243 g/mol. The fraction of sp³-hybridized carbons (Fsp3) is 0.267. The van der Waals surface area contributed by atoms with E-state index >= 15 is 0 Å². The Balaban J connectivity index is 2.32. The van der Waals surface area contributed by atoms with E-state index in [1.54, 1.807) is 49.0 Å². The van der Waals surface area contributed by atoms with E-state index in [0.717, 1.165) is 0 Å². The Morgan fingerprint density at radius 2 is 2.00 bits per heavy atom. The van der Waals surface area contributed by atoms with Gasteiger partial charge in [0.1, 0.15) is 5.82 Å². The number of halogens is 1. The molecule has 0 aliphatic rings.